The molecule has 3 heterocycles. The van der Waals surface area contributed by atoms with Crippen LogP contribution in [-0.2, 0) is 11.2 Å². The fourth-order valence-electron chi connectivity index (χ4n) is 3.09. The van der Waals surface area contributed by atoms with Gasteiger partial charge in [0.1, 0.15) is 0 Å². The van der Waals surface area contributed by atoms with Gasteiger partial charge in [0.2, 0.25) is 5.91 Å². The van der Waals surface area contributed by atoms with Gasteiger partial charge in [-0.15, -0.1) is 0 Å². The van der Waals surface area contributed by atoms with Gasteiger partial charge in [0.05, 0.1) is 6.42 Å². The molecule has 1 fully saturated rings. The van der Waals surface area contributed by atoms with Crippen molar-refractivity contribution in [1.82, 2.24) is 20.0 Å². The van der Waals surface area contributed by atoms with Gasteiger partial charge in [-0.2, -0.15) is 4.98 Å². The molecule has 0 bridgehead atoms. The summed E-state index contributed by atoms with van der Waals surface area (Å²) in [5.74, 6) is 1.43. The van der Waals surface area contributed by atoms with E-state index >= 15 is 0 Å². The zero-order chi connectivity index (χ0) is 17.1. The van der Waals surface area contributed by atoms with Crippen molar-refractivity contribution in [2.75, 3.05) is 13.1 Å². The van der Waals surface area contributed by atoms with E-state index in [1.807, 2.05) is 47.4 Å². The highest BCUT2D eigenvalue weighted by atomic mass is 16.5. The lowest BCUT2D eigenvalue weighted by atomic mass is 10.1. The molecule has 0 radical (unpaired) electrons. The predicted molar refractivity (Wildman–Crippen MR) is 91.6 cm³/mol. The second-order valence-corrected chi connectivity index (χ2v) is 6.18. The van der Waals surface area contributed by atoms with Crippen LogP contribution in [0.3, 0.4) is 0 Å². The quantitative estimate of drug-likeness (QED) is 0.733. The van der Waals surface area contributed by atoms with E-state index in [4.69, 9.17) is 4.52 Å². The SMILES string of the molecule is O=C(Cc1ccccc1)N1CCC(c2noc(-c3ccncc3)n2)C1. The van der Waals surface area contributed by atoms with E-state index in [0.717, 1.165) is 24.1 Å². The first-order chi connectivity index (χ1) is 12.3. The number of rotatable bonds is 4. The molecule has 1 atom stereocenters. The minimum atomic E-state index is 0.124. The third-order valence-corrected chi connectivity index (χ3v) is 4.47. The number of pyridine rings is 1. The third kappa shape index (κ3) is 3.42. The van der Waals surface area contributed by atoms with Gasteiger partial charge in [-0.3, -0.25) is 9.78 Å². The fraction of sp³-hybridized carbons (Fsp3) is 0.263. The van der Waals surface area contributed by atoms with Crippen molar-refractivity contribution in [3.63, 3.8) is 0 Å². The average Bonchev–Trinajstić information content (AvgIpc) is 3.33. The Labute approximate surface area is 145 Å². The van der Waals surface area contributed by atoms with Gasteiger partial charge in [0.25, 0.3) is 5.89 Å². The monoisotopic (exact) mass is 334 g/mol. The molecule has 1 aliphatic heterocycles. The van der Waals surface area contributed by atoms with Crippen molar-refractivity contribution >= 4 is 5.91 Å². The number of carbonyl (C=O) groups is 1. The van der Waals surface area contributed by atoms with E-state index in [1.165, 1.54) is 0 Å². The molecule has 3 aromatic rings. The van der Waals surface area contributed by atoms with Crippen LogP contribution in [0, 0.1) is 0 Å². The van der Waals surface area contributed by atoms with Crippen LogP contribution in [-0.4, -0.2) is 39.0 Å². The van der Waals surface area contributed by atoms with Crippen molar-refractivity contribution in [1.29, 1.82) is 0 Å². The third-order valence-electron chi connectivity index (χ3n) is 4.47. The van der Waals surface area contributed by atoms with Crippen LogP contribution in [0.5, 0.6) is 0 Å². The Morgan fingerprint density at radius 3 is 2.76 bits per heavy atom. The molecule has 4 rings (SSSR count). The fourth-order valence-corrected chi connectivity index (χ4v) is 3.09. The zero-order valence-corrected chi connectivity index (χ0v) is 13.7. The number of hydrogen-bond acceptors (Lipinski definition) is 5. The molecule has 0 aliphatic carbocycles. The van der Waals surface area contributed by atoms with E-state index in [1.54, 1.807) is 12.4 Å². The Hall–Kier alpha value is -3.02. The average molecular weight is 334 g/mol. The number of hydrogen-bond donors (Lipinski definition) is 0. The summed E-state index contributed by atoms with van der Waals surface area (Å²) in [5, 5.41) is 4.11. The molecule has 25 heavy (non-hydrogen) atoms. The van der Waals surface area contributed by atoms with Crippen LogP contribution in [0.2, 0.25) is 0 Å². The number of benzene rings is 1. The molecule has 6 heteroatoms. The molecule has 1 saturated heterocycles. The number of nitrogens with zero attached hydrogens (tertiary/aromatic N) is 4. The summed E-state index contributed by atoms with van der Waals surface area (Å²) in [5.41, 5.74) is 1.89. The predicted octanol–water partition coefficient (Wildman–Crippen LogP) is 2.69. The zero-order valence-electron chi connectivity index (χ0n) is 13.7. The Morgan fingerprint density at radius 1 is 1.16 bits per heavy atom. The Bertz CT molecular complexity index is 848. The molecule has 126 valence electrons. The standard InChI is InChI=1S/C19H18N4O2/c24-17(12-14-4-2-1-3-5-14)23-11-8-16(13-23)18-21-19(25-22-18)15-6-9-20-10-7-15/h1-7,9-10,16H,8,11-13H2. The topological polar surface area (TPSA) is 72.1 Å². The number of carbonyl (C=O) groups excluding carboxylic acids is 1. The molecule has 0 saturated carbocycles. The van der Waals surface area contributed by atoms with Crippen LogP contribution < -0.4 is 0 Å². The van der Waals surface area contributed by atoms with Crippen molar-refractivity contribution in [2.45, 2.75) is 18.8 Å². The maximum atomic E-state index is 12.5. The second-order valence-electron chi connectivity index (χ2n) is 6.18. The van der Waals surface area contributed by atoms with Crippen molar-refractivity contribution in [2.24, 2.45) is 0 Å². The smallest absolute Gasteiger partial charge is 0.258 e. The first kappa shape index (κ1) is 15.5. The first-order valence-corrected chi connectivity index (χ1v) is 8.35. The van der Waals surface area contributed by atoms with Crippen LogP contribution in [0.15, 0.2) is 59.4 Å². The van der Waals surface area contributed by atoms with Gasteiger partial charge < -0.3 is 9.42 Å². The second kappa shape index (κ2) is 6.84. The summed E-state index contributed by atoms with van der Waals surface area (Å²) in [6, 6.07) is 13.5. The van der Waals surface area contributed by atoms with Gasteiger partial charge in [-0.1, -0.05) is 35.5 Å². The normalized spacial score (nSPS) is 17.0. The van der Waals surface area contributed by atoms with Crippen molar-refractivity contribution in [3.05, 3.63) is 66.2 Å². The highest BCUT2D eigenvalue weighted by molar-refractivity contribution is 5.79. The maximum Gasteiger partial charge on any atom is 0.258 e. The molecular weight excluding hydrogens is 316 g/mol. The Balaban J connectivity index is 1.41. The van der Waals surface area contributed by atoms with Crippen LogP contribution >= 0.6 is 0 Å². The lowest BCUT2D eigenvalue weighted by Gasteiger charge is -2.15. The van der Waals surface area contributed by atoms with Gasteiger partial charge in [-0.25, -0.2) is 0 Å². The molecule has 0 spiro atoms. The Morgan fingerprint density at radius 2 is 1.96 bits per heavy atom. The molecule has 2 aromatic heterocycles. The first-order valence-electron chi connectivity index (χ1n) is 8.35. The molecular formula is C19H18N4O2. The highest BCUT2D eigenvalue weighted by Crippen LogP contribution is 2.27. The van der Waals surface area contributed by atoms with Gasteiger partial charge in [0, 0.05) is 37.0 Å². The molecule has 1 aromatic carbocycles. The Kier molecular flexibility index (Phi) is 4.24. The van der Waals surface area contributed by atoms with E-state index in [2.05, 4.69) is 15.1 Å². The van der Waals surface area contributed by atoms with E-state index in [0.29, 0.717) is 24.7 Å². The summed E-state index contributed by atoms with van der Waals surface area (Å²) in [7, 11) is 0. The van der Waals surface area contributed by atoms with Gasteiger partial charge in [-0.05, 0) is 24.1 Å². The van der Waals surface area contributed by atoms with E-state index < -0.39 is 0 Å². The van der Waals surface area contributed by atoms with Crippen molar-refractivity contribution in [3.8, 4) is 11.5 Å². The highest BCUT2D eigenvalue weighted by Gasteiger charge is 2.30. The molecule has 1 unspecified atom stereocenters. The molecule has 1 aliphatic rings. The lowest BCUT2D eigenvalue weighted by molar-refractivity contribution is -0.129. The molecule has 0 N–H and O–H groups in total. The minimum absolute atomic E-state index is 0.124. The van der Waals surface area contributed by atoms with Crippen molar-refractivity contribution < 1.29 is 9.32 Å². The van der Waals surface area contributed by atoms with E-state index in [9.17, 15) is 4.79 Å². The van der Waals surface area contributed by atoms with Gasteiger partial charge in [0.15, 0.2) is 5.82 Å². The number of likely N-dealkylation sites (tertiary alicyclic amines) is 1. The molecule has 1 amide bonds. The minimum Gasteiger partial charge on any atom is -0.342 e. The maximum absolute atomic E-state index is 12.5. The number of amides is 1. The summed E-state index contributed by atoms with van der Waals surface area (Å²) >= 11 is 0. The lowest BCUT2D eigenvalue weighted by Crippen LogP contribution is -2.29. The van der Waals surface area contributed by atoms with Gasteiger partial charge >= 0.3 is 0 Å². The summed E-state index contributed by atoms with van der Waals surface area (Å²) in [6.07, 6.45) is 4.68. The van der Waals surface area contributed by atoms with E-state index in [-0.39, 0.29) is 11.8 Å². The summed E-state index contributed by atoms with van der Waals surface area (Å²) in [4.78, 5) is 22.8. The summed E-state index contributed by atoms with van der Waals surface area (Å²) in [6.45, 7) is 1.37. The van der Waals surface area contributed by atoms with Crippen LogP contribution in [0.25, 0.3) is 11.5 Å². The number of aromatic nitrogens is 3. The molecule has 6 nitrogen and oxygen atoms in total. The van der Waals surface area contributed by atoms with Crippen LogP contribution in [0.1, 0.15) is 23.7 Å². The largest absolute Gasteiger partial charge is 0.342 e. The van der Waals surface area contributed by atoms with Crippen LogP contribution in [0.4, 0.5) is 0 Å². The summed E-state index contributed by atoms with van der Waals surface area (Å²) < 4.78 is 5.36.